The van der Waals surface area contributed by atoms with Crippen LogP contribution < -0.4 is 10.1 Å². The molecule has 1 unspecified atom stereocenters. The molecule has 0 aliphatic carbocycles. The Balaban J connectivity index is 1.82. The van der Waals surface area contributed by atoms with Crippen molar-refractivity contribution in [1.82, 2.24) is 9.97 Å². The van der Waals surface area contributed by atoms with Crippen LogP contribution in [0, 0.1) is 6.92 Å². The van der Waals surface area contributed by atoms with Gasteiger partial charge in [0, 0.05) is 17.4 Å². The molecule has 5 heteroatoms. The molecule has 0 fully saturated rings. The zero-order chi connectivity index (χ0) is 13.7. The van der Waals surface area contributed by atoms with Crippen molar-refractivity contribution >= 4 is 17.5 Å². The lowest BCUT2D eigenvalue weighted by atomic mass is 10.3. The average molecular weight is 278 g/mol. The molecule has 1 atom stereocenters. The highest BCUT2D eigenvalue weighted by atomic mass is 35.5. The van der Waals surface area contributed by atoms with Gasteiger partial charge in [0.25, 0.3) is 0 Å². The van der Waals surface area contributed by atoms with Crippen molar-refractivity contribution < 1.29 is 4.74 Å². The van der Waals surface area contributed by atoms with Gasteiger partial charge in [-0.05, 0) is 43.7 Å². The third kappa shape index (κ3) is 4.41. The molecular formula is C14H16ClN3O. The van der Waals surface area contributed by atoms with Crippen molar-refractivity contribution in [2.24, 2.45) is 0 Å². The van der Waals surface area contributed by atoms with Crippen molar-refractivity contribution in [2.75, 3.05) is 11.9 Å². The van der Waals surface area contributed by atoms with Gasteiger partial charge in [0.1, 0.15) is 11.9 Å². The molecule has 0 radical (unpaired) electrons. The van der Waals surface area contributed by atoms with Gasteiger partial charge in [-0.1, -0.05) is 11.6 Å². The van der Waals surface area contributed by atoms with Crippen LogP contribution in [0.5, 0.6) is 5.75 Å². The lowest BCUT2D eigenvalue weighted by molar-refractivity contribution is 0.234. The molecular weight excluding hydrogens is 262 g/mol. The van der Waals surface area contributed by atoms with E-state index >= 15 is 0 Å². The normalized spacial score (nSPS) is 11.9. The number of aryl methyl sites for hydroxylation is 1. The minimum Gasteiger partial charge on any atom is -0.489 e. The summed E-state index contributed by atoms with van der Waals surface area (Å²) in [4.78, 5) is 8.35. The first-order valence-electron chi connectivity index (χ1n) is 6.08. The van der Waals surface area contributed by atoms with E-state index in [1.54, 1.807) is 24.5 Å². The molecule has 2 rings (SSSR count). The Bertz CT molecular complexity index is 513. The molecule has 1 N–H and O–H groups in total. The van der Waals surface area contributed by atoms with E-state index in [1.165, 1.54) is 0 Å². The molecule has 1 aromatic carbocycles. The molecule has 0 aliphatic heterocycles. The van der Waals surface area contributed by atoms with Crippen LogP contribution in [0.2, 0.25) is 5.02 Å². The van der Waals surface area contributed by atoms with Gasteiger partial charge in [0.05, 0.1) is 6.54 Å². The predicted octanol–water partition coefficient (Wildman–Crippen LogP) is 3.32. The quantitative estimate of drug-likeness (QED) is 0.911. The first-order valence-corrected chi connectivity index (χ1v) is 6.46. The Kier molecular flexibility index (Phi) is 4.58. The molecule has 4 nitrogen and oxygen atoms in total. The summed E-state index contributed by atoms with van der Waals surface area (Å²) in [7, 11) is 0. The summed E-state index contributed by atoms with van der Waals surface area (Å²) in [5.74, 6) is 1.40. The summed E-state index contributed by atoms with van der Waals surface area (Å²) >= 11 is 5.82. The molecule has 1 heterocycles. The van der Waals surface area contributed by atoms with Gasteiger partial charge >= 0.3 is 0 Å². The van der Waals surface area contributed by atoms with Gasteiger partial charge in [-0.3, -0.25) is 0 Å². The minimum atomic E-state index is 0.00563. The van der Waals surface area contributed by atoms with E-state index < -0.39 is 0 Å². The smallest absolute Gasteiger partial charge is 0.222 e. The Labute approximate surface area is 117 Å². The van der Waals surface area contributed by atoms with Crippen LogP contribution in [-0.4, -0.2) is 22.6 Å². The van der Waals surface area contributed by atoms with Crippen molar-refractivity contribution in [2.45, 2.75) is 20.0 Å². The fraction of sp³-hybridized carbons (Fsp3) is 0.286. The molecule has 0 amide bonds. The summed E-state index contributed by atoms with van der Waals surface area (Å²) in [6.07, 6.45) is 3.56. The molecule has 19 heavy (non-hydrogen) atoms. The van der Waals surface area contributed by atoms with Gasteiger partial charge in [0.15, 0.2) is 0 Å². The molecule has 0 saturated heterocycles. The molecule has 100 valence electrons. The van der Waals surface area contributed by atoms with Crippen molar-refractivity contribution in [1.29, 1.82) is 0 Å². The number of benzene rings is 1. The zero-order valence-electron chi connectivity index (χ0n) is 10.9. The maximum absolute atomic E-state index is 5.82. The summed E-state index contributed by atoms with van der Waals surface area (Å²) in [5.41, 5.74) is 1.04. The van der Waals surface area contributed by atoms with Crippen molar-refractivity contribution in [3.8, 4) is 5.75 Å². The SMILES string of the molecule is Cc1cnc(NCC(C)Oc2ccc(Cl)cc2)nc1. The van der Waals surface area contributed by atoms with Crippen LogP contribution >= 0.6 is 11.6 Å². The average Bonchev–Trinajstić information content (AvgIpc) is 2.41. The number of rotatable bonds is 5. The molecule has 1 aromatic heterocycles. The van der Waals surface area contributed by atoms with E-state index in [2.05, 4.69) is 15.3 Å². The van der Waals surface area contributed by atoms with Gasteiger partial charge < -0.3 is 10.1 Å². The Morgan fingerprint density at radius 3 is 2.47 bits per heavy atom. The van der Waals surface area contributed by atoms with Gasteiger partial charge in [-0.25, -0.2) is 9.97 Å². The van der Waals surface area contributed by atoms with Gasteiger partial charge in [-0.15, -0.1) is 0 Å². The summed E-state index contributed by atoms with van der Waals surface area (Å²) in [6.45, 7) is 4.57. The van der Waals surface area contributed by atoms with Crippen molar-refractivity contribution in [3.63, 3.8) is 0 Å². The monoisotopic (exact) mass is 277 g/mol. The standard InChI is InChI=1S/C14H16ClN3O/c1-10-7-16-14(17-8-10)18-9-11(2)19-13-5-3-12(15)4-6-13/h3-8,11H,9H2,1-2H3,(H,16,17,18). The van der Waals surface area contributed by atoms with Gasteiger partial charge in [-0.2, -0.15) is 0 Å². The number of nitrogens with one attached hydrogen (secondary N) is 1. The van der Waals surface area contributed by atoms with E-state index in [-0.39, 0.29) is 6.10 Å². The first-order chi connectivity index (χ1) is 9.13. The summed E-state index contributed by atoms with van der Waals surface area (Å²) in [5, 5.41) is 3.83. The van der Waals surface area contributed by atoms with Crippen LogP contribution in [0.3, 0.4) is 0 Å². The molecule has 0 saturated carbocycles. The van der Waals surface area contributed by atoms with Crippen molar-refractivity contribution in [3.05, 3.63) is 47.2 Å². The van der Waals surface area contributed by atoms with Crippen LogP contribution in [0.1, 0.15) is 12.5 Å². The van der Waals surface area contributed by atoms with E-state index in [1.807, 2.05) is 26.0 Å². The van der Waals surface area contributed by atoms with E-state index in [0.29, 0.717) is 17.5 Å². The van der Waals surface area contributed by atoms with Crippen LogP contribution in [0.15, 0.2) is 36.7 Å². The number of nitrogens with zero attached hydrogens (tertiary/aromatic N) is 2. The first kappa shape index (κ1) is 13.6. The number of ether oxygens (including phenoxy) is 1. The Morgan fingerprint density at radius 1 is 1.21 bits per heavy atom. The van der Waals surface area contributed by atoms with E-state index in [9.17, 15) is 0 Å². The Morgan fingerprint density at radius 2 is 1.84 bits per heavy atom. The van der Waals surface area contributed by atoms with E-state index in [4.69, 9.17) is 16.3 Å². The number of hydrogen-bond acceptors (Lipinski definition) is 4. The fourth-order valence-corrected chi connectivity index (χ4v) is 1.63. The third-order valence-corrected chi connectivity index (χ3v) is 2.73. The summed E-state index contributed by atoms with van der Waals surface area (Å²) < 4.78 is 5.74. The Hall–Kier alpha value is -1.81. The predicted molar refractivity (Wildman–Crippen MR) is 76.8 cm³/mol. The van der Waals surface area contributed by atoms with E-state index in [0.717, 1.165) is 11.3 Å². The lowest BCUT2D eigenvalue weighted by Crippen LogP contribution is -2.23. The minimum absolute atomic E-state index is 0.00563. The third-order valence-electron chi connectivity index (χ3n) is 2.48. The highest BCUT2D eigenvalue weighted by Gasteiger charge is 2.05. The molecule has 0 aliphatic rings. The highest BCUT2D eigenvalue weighted by Crippen LogP contribution is 2.16. The maximum Gasteiger partial charge on any atom is 0.222 e. The highest BCUT2D eigenvalue weighted by molar-refractivity contribution is 6.30. The zero-order valence-corrected chi connectivity index (χ0v) is 11.7. The molecule has 0 bridgehead atoms. The largest absolute Gasteiger partial charge is 0.489 e. The topological polar surface area (TPSA) is 47.0 Å². The van der Waals surface area contributed by atoms with Crippen LogP contribution in [-0.2, 0) is 0 Å². The maximum atomic E-state index is 5.82. The summed E-state index contributed by atoms with van der Waals surface area (Å²) in [6, 6.07) is 7.31. The second-order valence-electron chi connectivity index (χ2n) is 4.35. The number of hydrogen-bond donors (Lipinski definition) is 1. The number of aromatic nitrogens is 2. The van der Waals surface area contributed by atoms with Crippen LogP contribution in [0.25, 0.3) is 0 Å². The fourth-order valence-electron chi connectivity index (χ4n) is 1.51. The second kappa shape index (κ2) is 6.38. The number of halogens is 1. The lowest BCUT2D eigenvalue weighted by Gasteiger charge is -2.15. The van der Waals surface area contributed by atoms with Crippen LogP contribution in [0.4, 0.5) is 5.95 Å². The van der Waals surface area contributed by atoms with Gasteiger partial charge in [0.2, 0.25) is 5.95 Å². The number of anilines is 1. The molecule has 0 spiro atoms. The molecule has 2 aromatic rings. The second-order valence-corrected chi connectivity index (χ2v) is 4.78.